The van der Waals surface area contributed by atoms with Gasteiger partial charge >= 0.3 is 0 Å². The minimum Gasteiger partial charge on any atom is -0.459 e. The van der Waals surface area contributed by atoms with Gasteiger partial charge in [0.25, 0.3) is 5.91 Å². The normalized spacial score (nSPS) is 21.4. The van der Waals surface area contributed by atoms with E-state index in [1.807, 2.05) is 35.2 Å². The van der Waals surface area contributed by atoms with E-state index in [9.17, 15) is 14.3 Å². The predicted molar refractivity (Wildman–Crippen MR) is 114 cm³/mol. The minimum atomic E-state index is -0.582. The summed E-state index contributed by atoms with van der Waals surface area (Å²) in [5.41, 5.74) is 2.72. The third-order valence-electron chi connectivity index (χ3n) is 5.85. The topological polar surface area (TPSA) is 59.0 Å². The first kappa shape index (κ1) is 21.5. The van der Waals surface area contributed by atoms with E-state index in [1.165, 1.54) is 12.1 Å². The number of allylic oxidation sites excluding steroid dienone is 1. The van der Waals surface area contributed by atoms with Gasteiger partial charge < -0.3 is 19.5 Å². The van der Waals surface area contributed by atoms with Crippen molar-refractivity contribution >= 4 is 5.91 Å². The number of aliphatic hydroxyl groups is 1. The molecule has 4 rings (SSSR count). The highest BCUT2D eigenvalue weighted by molar-refractivity contribution is 5.91. The molecule has 0 saturated carbocycles. The van der Waals surface area contributed by atoms with E-state index in [0.717, 1.165) is 49.0 Å². The zero-order valence-corrected chi connectivity index (χ0v) is 17.5. The number of aliphatic hydroxyl groups excluding tert-OH is 1. The third-order valence-corrected chi connectivity index (χ3v) is 5.85. The van der Waals surface area contributed by atoms with Crippen molar-refractivity contribution in [2.24, 2.45) is 0 Å². The number of benzene rings is 2. The second-order valence-electron chi connectivity index (χ2n) is 8.11. The maximum atomic E-state index is 13.4. The van der Waals surface area contributed by atoms with Crippen LogP contribution in [-0.2, 0) is 27.5 Å². The van der Waals surface area contributed by atoms with Crippen molar-refractivity contribution in [3.63, 3.8) is 0 Å². The summed E-state index contributed by atoms with van der Waals surface area (Å²) in [6, 6.07) is 13.9. The average Bonchev–Trinajstić information content (AvgIpc) is 2.83. The van der Waals surface area contributed by atoms with Gasteiger partial charge in [-0.25, -0.2) is 4.39 Å². The van der Waals surface area contributed by atoms with Crippen LogP contribution in [0.5, 0.6) is 0 Å². The molecule has 1 N–H and O–H groups in total. The van der Waals surface area contributed by atoms with E-state index in [-0.39, 0.29) is 24.2 Å². The van der Waals surface area contributed by atoms with Gasteiger partial charge in [-0.15, -0.1) is 0 Å². The lowest BCUT2D eigenvalue weighted by Crippen LogP contribution is -2.39. The lowest BCUT2D eigenvalue weighted by molar-refractivity contribution is -0.156. The summed E-state index contributed by atoms with van der Waals surface area (Å²) in [4.78, 5) is 14.9. The minimum absolute atomic E-state index is 0.00100. The van der Waals surface area contributed by atoms with Gasteiger partial charge in [-0.1, -0.05) is 36.4 Å². The van der Waals surface area contributed by atoms with Gasteiger partial charge in [0.1, 0.15) is 5.82 Å². The number of rotatable bonds is 6. The molecule has 1 fully saturated rings. The van der Waals surface area contributed by atoms with Crippen molar-refractivity contribution in [3.05, 3.63) is 82.9 Å². The van der Waals surface area contributed by atoms with E-state index in [4.69, 9.17) is 9.47 Å². The number of ether oxygens (including phenoxy) is 2. The number of hydrogen-bond acceptors (Lipinski definition) is 4. The van der Waals surface area contributed by atoms with Gasteiger partial charge in [0, 0.05) is 25.4 Å². The van der Waals surface area contributed by atoms with Gasteiger partial charge in [-0.05, 0) is 54.2 Å². The summed E-state index contributed by atoms with van der Waals surface area (Å²) < 4.78 is 25.4. The zero-order valence-electron chi connectivity index (χ0n) is 17.5. The molecule has 2 aromatic rings. The fraction of sp³-hybridized carbons (Fsp3) is 0.400. The smallest absolute Gasteiger partial charge is 0.288 e. The summed E-state index contributed by atoms with van der Waals surface area (Å²) >= 11 is 0. The second-order valence-corrected chi connectivity index (χ2v) is 8.11. The van der Waals surface area contributed by atoms with Crippen molar-refractivity contribution in [3.8, 4) is 0 Å². The van der Waals surface area contributed by atoms with Gasteiger partial charge in [0.2, 0.25) is 6.29 Å². The lowest BCUT2D eigenvalue weighted by Gasteiger charge is -2.33. The Morgan fingerprint density at radius 3 is 2.39 bits per heavy atom. The van der Waals surface area contributed by atoms with E-state index in [0.29, 0.717) is 18.8 Å². The summed E-state index contributed by atoms with van der Waals surface area (Å²) in [6.07, 6.45) is 4.95. The molecule has 31 heavy (non-hydrogen) atoms. The number of halogens is 1. The van der Waals surface area contributed by atoms with Crippen molar-refractivity contribution in [1.82, 2.24) is 4.90 Å². The van der Waals surface area contributed by atoms with Crippen LogP contribution < -0.4 is 0 Å². The average molecular weight is 426 g/mol. The van der Waals surface area contributed by atoms with Crippen LogP contribution in [0, 0.1) is 5.82 Å². The Morgan fingerprint density at radius 1 is 1.03 bits per heavy atom. The molecule has 0 spiro atoms. The van der Waals surface area contributed by atoms with Crippen LogP contribution >= 0.6 is 0 Å². The molecule has 0 aromatic heterocycles. The lowest BCUT2D eigenvalue weighted by atomic mass is 9.92. The largest absolute Gasteiger partial charge is 0.459 e. The van der Waals surface area contributed by atoms with Crippen LogP contribution in [-0.4, -0.2) is 35.3 Å². The number of hydrogen-bond donors (Lipinski definition) is 1. The summed E-state index contributed by atoms with van der Waals surface area (Å²) in [6.45, 7) is 1.81. The monoisotopic (exact) mass is 425 g/mol. The summed E-state index contributed by atoms with van der Waals surface area (Å²) in [5, 5.41) is 9.19. The maximum absolute atomic E-state index is 13.4. The molecule has 0 unspecified atom stereocenters. The molecule has 1 saturated heterocycles. The van der Waals surface area contributed by atoms with Gasteiger partial charge in [-0.2, -0.15) is 0 Å². The van der Waals surface area contributed by atoms with Gasteiger partial charge in [0.15, 0.2) is 5.76 Å². The number of nitrogens with zero attached hydrogens (tertiary/aromatic N) is 1. The molecule has 2 heterocycles. The standard InChI is InChI=1S/C25H28FNO4/c26-22-10-8-20(9-11-22)21-14-23(25(29)27-12-2-1-3-13-27)31-24(15-21)30-17-19-6-4-18(16-28)5-7-19/h4-11,14,21,24,28H,1-3,12-13,15-17H2/t21-,24+/m1/s1. The first-order valence-corrected chi connectivity index (χ1v) is 10.9. The van der Waals surface area contributed by atoms with Crippen LogP contribution in [0.15, 0.2) is 60.4 Å². The molecule has 2 aliphatic heterocycles. The highest BCUT2D eigenvalue weighted by atomic mass is 19.1. The number of amides is 1. The Kier molecular flexibility index (Phi) is 6.99. The van der Waals surface area contributed by atoms with E-state index in [2.05, 4.69) is 0 Å². The number of likely N-dealkylation sites (tertiary alicyclic amines) is 1. The van der Waals surface area contributed by atoms with Crippen LogP contribution in [0.4, 0.5) is 4.39 Å². The third kappa shape index (κ3) is 5.51. The molecule has 0 aliphatic carbocycles. The number of carbonyl (C=O) groups excluding carboxylic acids is 1. The second kappa shape index (κ2) is 10.1. The van der Waals surface area contributed by atoms with E-state index >= 15 is 0 Å². The van der Waals surface area contributed by atoms with Crippen LogP contribution in [0.1, 0.15) is 48.3 Å². The molecule has 2 atom stereocenters. The van der Waals surface area contributed by atoms with Gasteiger partial charge in [0.05, 0.1) is 13.2 Å². The molecule has 5 nitrogen and oxygen atoms in total. The Balaban J connectivity index is 1.49. The van der Waals surface area contributed by atoms with E-state index in [1.54, 1.807) is 12.1 Å². The van der Waals surface area contributed by atoms with Crippen molar-refractivity contribution < 1.29 is 23.8 Å². The van der Waals surface area contributed by atoms with Crippen LogP contribution in [0.2, 0.25) is 0 Å². The fourth-order valence-electron chi connectivity index (χ4n) is 4.04. The van der Waals surface area contributed by atoms with Crippen molar-refractivity contribution in [2.45, 2.75) is 51.1 Å². The number of piperidine rings is 1. The van der Waals surface area contributed by atoms with E-state index < -0.39 is 6.29 Å². The molecule has 2 aromatic carbocycles. The Morgan fingerprint density at radius 2 is 1.71 bits per heavy atom. The predicted octanol–water partition coefficient (Wildman–Crippen LogP) is 4.26. The Hall–Kier alpha value is -2.70. The van der Waals surface area contributed by atoms with Crippen molar-refractivity contribution in [1.29, 1.82) is 0 Å². The Labute approximate surface area is 182 Å². The first-order chi connectivity index (χ1) is 15.1. The highest BCUT2D eigenvalue weighted by Gasteiger charge is 2.31. The molecule has 164 valence electrons. The van der Waals surface area contributed by atoms with Crippen LogP contribution in [0.25, 0.3) is 0 Å². The summed E-state index contributed by atoms with van der Waals surface area (Å²) in [5.74, 6) is -0.182. The van der Waals surface area contributed by atoms with Crippen LogP contribution in [0.3, 0.4) is 0 Å². The molecule has 1 amide bonds. The molecule has 6 heteroatoms. The highest BCUT2D eigenvalue weighted by Crippen LogP contribution is 2.33. The summed E-state index contributed by atoms with van der Waals surface area (Å²) in [7, 11) is 0. The zero-order chi connectivity index (χ0) is 21.6. The quantitative estimate of drug-likeness (QED) is 0.751. The maximum Gasteiger partial charge on any atom is 0.288 e. The Bertz CT molecular complexity index is 904. The van der Waals surface area contributed by atoms with Gasteiger partial charge in [-0.3, -0.25) is 4.79 Å². The van der Waals surface area contributed by atoms with Crippen molar-refractivity contribution in [2.75, 3.05) is 13.1 Å². The SMILES string of the molecule is O=C(C1=C[C@@H](c2ccc(F)cc2)C[C@@H](OCc2ccc(CO)cc2)O1)N1CCCCC1. The number of carbonyl (C=O) groups is 1. The fourth-order valence-corrected chi connectivity index (χ4v) is 4.04. The molecule has 0 radical (unpaired) electrons. The molecular weight excluding hydrogens is 397 g/mol. The first-order valence-electron chi connectivity index (χ1n) is 10.9. The molecule has 0 bridgehead atoms. The molecular formula is C25H28FNO4. The molecule has 2 aliphatic rings.